The van der Waals surface area contributed by atoms with Crippen LogP contribution >= 0.6 is 0 Å². The maximum atomic E-state index is 12.1. The average molecular weight is 374 g/mol. The summed E-state index contributed by atoms with van der Waals surface area (Å²) >= 11 is 0. The number of fused-ring (bicyclic) bond motifs is 1. The zero-order chi connectivity index (χ0) is 18.7. The van der Waals surface area contributed by atoms with Crippen LogP contribution < -0.4 is 10.2 Å². The molecule has 0 radical (unpaired) electrons. The van der Waals surface area contributed by atoms with Gasteiger partial charge in [0.1, 0.15) is 11.0 Å². The number of hydrogen-bond donors (Lipinski definition) is 1. The highest BCUT2D eigenvalue weighted by molar-refractivity contribution is 7.90. The second-order valence-corrected chi connectivity index (χ2v) is 7.87. The highest BCUT2D eigenvalue weighted by Crippen LogP contribution is 2.16. The van der Waals surface area contributed by atoms with Crippen molar-refractivity contribution < 1.29 is 18.0 Å². The van der Waals surface area contributed by atoms with Gasteiger partial charge in [-0.1, -0.05) is 35.2 Å². The van der Waals surface area contributed by atoms with Gasteiger partial charge in [-0.05, 0) is 35.9 Å². The number of nitrogens with zero attached hydrogens (tertiary/aromatic N) is 3. The van der Waals surface area contributed by atoms with E-state index in [0.717, 1.165) is 16.7 Å². The largest absolute Gasteiger partial charge is 0.385 e. The van der Waals surface area contributed by atoms with Gasteiger partial charge in [-0.2, -0.15) is 0 Å². The van der Waals surface area contributed by atoms with Crippen LogP contribution in [0.5, 0.6) is 0 Å². The molecule has 136 valence electrons. The number of carbonyl (C=O) groups excluding carboxylic acids is 1. The van der Waals surface area contributed by atoms with Gasteiger partial charge in [-0.3, -0.25) is 4.79 Å². The molecule has 26 heavy (non-hydrogen) atoms. The van der Waals surface area contributed by atoms with Gasteiger partial charge in [0, 0.05) is 6.26 Å². The number of aromatic nitrogens is 3. The number of amides is 1. The molecule has 0 aliphatic heterocycles. The van der Waals surface area contributed by atoms with E-state index in [1.165, 1.54) is 18.2 Å². The SMILES string of the molecule is C[C@H](NC(=O)COn1nnc2ccc(S(C)(=O)=O)cc21)c1ccccc1. The van der Waals surface area contributed by atoms with Crippen LogP contribution in [0, 0.1) is 0 Å². The lowest BCUT2D eigenvalue weighted by molar-refractivity contribution is -0.127. The molecule has 1 aromatic heterocycles. The normalized spacial score (nSPS) is 12.7. The third-order valence-corrected chi connectivity index (χ3v) is 4.92. The van der Waals surface area contributed by atoms with Gasteiger partial charge in [-0.25, -0.2) is 8.42 Å². The molecule has 9 heteroatoms. The number of hydrogen-bond acceptors (Lipinski definition) is 6. The maximum Gasteiger partial charge on any atom is 0.261 e. The predicted molar refractivity (Wildman–Crippen MR) is 95.1 cm³/mol. The molecule has 8 nitrogen and oxygen atoms in total. The first-order valence-corrected chi connectivity index (χ1v) is 9.77. The molecule has 1 heterocycles. The van der Waals surface area contributed by atoms with Crippen LogP contribution in [0.25, 0.3) is 11.0 Å². The molecule has 0 unspecified atom stereocenters. The third-order valence-electron chi connectivity index (χ3n) is 3.81. The smallest absolute Gasteiger partial charge is 0.261 e. The summed E-state index contributed by atoms with van der Waals surface area (Å²) in [5.74, 6) is -0.329. The Bertz CT molecular complexity index is 1030. The minimum absolute atomic E-state index is 0.124. The Balaban J connectivity index is 1.68. The fraction of sp³-hybridized carbons (Fsp3) is 0.235. The van der Waals surface area contributed by atoms with Crippen LogP contribution in [-0.2, 0) is 14.6 Å². The zero-order valence-electron chi connectivity index (χ0n) is 14.3. The molecule has 1 amide bonds. The van der Waals surface area contributed by atoms with Gasteiger partial charge in [0.2, 0.25) is 0 Å². The number of rotatable bonds is 6. The Kier molecular flexibility index (Phi) is 4.90. The lowest BCUT2D eigenvalue weighted by Crippen LogP contribution is -2.33. The fourth-order valence-electron chi connectivity index (χ4n) is 2.43. The van der Waals surface area contributed by atoms with Crippen LogP contribution in [0.2, 0.25) is 0 Å². The van der Waals surface area contributed by atoms with Crippen molar-refractivity contribution in [1.29, 1.82) is 0 Å². The number of nitrogens with one attached hydrogen (secondary N) is 1. The predicted octanol–water partition coefficient (Wildman–Crippen LogP) is 1.14. The summed E-state index contributed by atoms with van der Waals surface area (Å²) in [6.07, 6.45) is 1.11. The van der Waals surface area contributed by atoms with E-state index in [0.29, 0.717) is 11.0 Å². The number of benzene rings is 2. The first-order valence-electron chi connectivity index (χ1n) is 7.88. The van der Waals surface area contributed by atoms with E-state index in [1.807, 2.05) is 37.3 Å². The number of carbonyl (C=O) groups is 1. The summed E-state index contributed by atoms with van der Waals surface area (Å²) in [5, 5.41) is 10.5. The molecule has 2 aromatic carbocycles. The molecule has 0 saturated heterocycles. The molecule has 0 spiro atoms. The average Bonchev–Trinajstić information content (AvgIpc) is 3.02. The monoisotopic (exact) mass is 374 g/mol. The summed E-state index contributed by atoms with van der Waals surface area (Å²) in [6.45, 7) is 1.59. The molecular weight excluding hydrogens is 356 g/mol. The molecule has 3 aromatic rings. The first kappa shape index (κ1) is 17.9. The van der Waals surface area contributed by atoms with Crippen molar-refractivity contribution in [3.05, 3.63) is 54.1 Å². The van der Waals surface area contributed by atoms with Crippen molar-refractivity contribution in [2.45, 2.75) is 17.9 Å². The summed E-state index contributed by atoms with van der Waals surface area (Å²) in [4.78, 5) is 18.6. The molecule has 1 atom stereocenters. The third kappa shape index (κ3) is 3.99. The van der Waals surface area contributed by atoms with Crippen molar-refractivity contribution in [1.82, 2.24) is 20.5 Å². The lowest BCUT2D eigenvalue weighted by Gasteiger charge is -2.14. The molecule has 0 bridgehead atoms. The zero-order valence-corrected chi connectivity index (χ0v) is 15.1. The van der Waals surface area contributed by atoms with E-state index in [1.54, 1.807) is 0 Å². The Morgan fingerprint density at radius 2 is 1.96 bits per heavy atom. The van der Waals surface area contributed by atoms with E-state index in [4.69, 9.17) is 4.84 Å². The maximum absolute atomic E-state index is 12.1. The van der Waals surface area contributed by atoms with Crippen molar-refractivity contribution in [3.8, 4) is 0 Å². The molecule has 3 rings (SSSR count). The van der Waals surface area contributed by atoms with Gasteiger partial charge in [0.25, 0.3) is 5.91 Å². The standard InChI is InChI=1S/C17H18N4O4S/c1-12(13-6-4-3-5-7-13)18-17(22)11-25-21-16-10-14(26(2,23)24)8-9-15(16)19-20-21/h3-10,12H,11H2,1-2H3,(H,18,22)/t12-/m0/s1. The van der Waals surface area contributed by atoms with E-state index in [2.05, 4.69) is 15.6 Å². The highest BCUT2D eigenvalue weighted by Gasteiger charge is 2.14. The van der Waals surface area contributed by atoms with E-state index < -0.39 is 9.84 Å². The van der Waals surface area contributed by atoms with E-state index in [9.17, 15) is 13.2 Å². The highest BCUT2D eigenvalue weighted by atomic mass is 32.2. The molecule has 0 aliphatic carbocycles. The van der Waals surface area contributed by atoms with Crippen LogP contribution in [-0.4, -0.2) is 42.3 Å². The van der Waals surface area contributed by atoms with Gasteiger partial charge in [0.05, 0.1) is 10.9 Å². The summed E-state index contributed by atoms with van der Waals surface area (Å²) in [6, 6.07) is 13.8. The number of sulfone groups is 1. The second-order valence-electron chi connectivity index (χ2n) is 5.86. The van der Waals surface area contributed by atoms with Crippen molar-refractivity contribution in [3.63, 3.8) is 0 Å². The van der Waals surface area contributed by atoms with Crippen LogP contribution in [0.15, 0.2) is 53.4 Å². The molecule has 0 aliphatic rings. The van der Waals surface area contributed by atoms with E-state index in [-0.39, 0.29) is 23.5 Å². The molecule has 0 saturated carbocycles. The van der Waals surface area contributed by atoms with E-state index >= 15 is 0 Å². The van der Waals surface area contributed by atoms with Crippen molar-refractivity contribution in [2.75, 3.05) is 12.9 Å². The second kappa shape index (κ2) is 7.12. The van der Waals surface area contributed by atoms with Gasteiger partial charge in [-0.15, -0.1) is 5.10 Å². The van der Waals surface area contributed by atoms with Crippen molar-refractivity contribution in [2.24, 2.45) is 0 Å². The topological polar surface area (TPSA) is 103 Å². The quantitative estimate of drug-likeness (QED) is 0.694. The van der Waals surface area contributed by atoms with Crippen molar-refractivity contribution >= 4 is 26.8 Å². The Morgan fingerprint density at radius 1 is 1.23 bits per heavy atom. The summed E-state index contributed by atoms with van der Waals surface area (Å²) < 4.78 is 23.4. The lowest BCUT2D eigenvalue weighted by atomic mass is 10.1. The van der Waals surface area contributed by atoms with Gasteiger partial charge in [0.15, 0.2) is 16.4 Å². The minimum Gasteiger partial charge on any atom is -0.385 e. The van der Waals surface area contributed by atoms with Gasteiger partial charge >= 0.3 is 0 Å². The molecular formula is C17H18N4O4S. The first-order chi connectivity index (χ1) is 12.3. The Morgan fingerprint density at radius 3 is 2.65 bits per heavy atom. The molecule has 1 N–H and O–H groups in total. The fourth-order valence-corrected chi connectivity index (χ4v) is 3.07. The Labute approximate surface area is 150 Å². The van der Waals surface area contributed by atoms with Crippen LogP contribution in [0.4, 0.5) is 0 Å². The van der Waals surface area contributed by atoms with Crippen LogP contribution in [0.1, 0.15) is 18.5 Å². The van der Waals surface area contributed by atoms with Crippen LogP contribution in [0.3, 0.4) is 0 Å². The Hall–Kier alpha value is -2.94. The van der Waals surface area contributed by atoms with Gasteiger partial charge < -0.3 is 10.2 Å². The summed E-state index contributed by atoms with van der Waals surface area (Å²) in [7, 11) is -3.37. The summed E-state index contributed by atoms with van der Waals surface area (Å²) in [5.41, 5.74) is 1.82. The minimum atomic E-state index is -3.37. The molecule has 0 fully saturated rings.